The molecule has 3 aliphatic heterocycles. The number of fused-ring (bicyclic) bond motifs is 3. The standard InChI is InChI=1S/C24H30N2O3.C4H4O4/c1-2-23(27)25-21-8-9-22(19(15-21)14-18-6-4-3-5-7-18)29-17-24(28)16-26-12-10-20(24)11-13-26;5-3(6)1-2-4(7)8/h3-9,15,20,28H,2,10-14,16-17H2,1H3,(H,25,27);1-2H,(H,5,6)(H,7,8)/b;2-1+. The third kappa shape index (κ3) is 8.44. The Kier molecular flexibility index (Phi) is 9.82. The number of amides is 1. The van der Waals surface area contributed by atoms with Crippen LogP contribution in [-0.2, 0) is 20.8 Å². The van der Waals surface area contributed by atoms with Gasteiger partial charge in [-0.3, -0.25) is 4.79 Å². The van der Waals surface area contributed by atoms with Gasteiger partial charge in [0.25, 0.3) is 0 Å². The predicted molar refractivity (Wildman–Crippen MR) is 139 cm³/mol. The molecular weight excluding hydrogens is 476 g/mol. The number of piperidine rings is 3. The smallest absolute Gasteiger partial charge is 0.328 e. The van der Waals surface area contributed by atoms with E-state index in [-0.39, 0.29) is 5.91 Å². The number of benzene rings is 2. The highest BCUT2D eigenvalue weighted by molar-refractivity contribution is 5.90. The quantitative estimate of drug-likeness (QED) is 0.378. The van der Waals surface area contributed by atoms with E-state index in [4.69, 9.17) is 14.9 Å². The Labute approximate surface area is 216 Å². The number of nitrogens with one attached hydrogen (secondary N) is 1. The molecule has 0 saturated carbocycles. The van der Waals surface area contributed by atoms with Gasteiger partial charge in [-0.15, -0.1) is 0 Å². The van der Waals surface area contributed by atoms with E-state index in [1.54, 1.807) is 0 Å². The number of ether oxygens (including phenoxy) is 1. The first-order valence-corrected chi connectivity index (χ1v) is 12.4. The van der Waals surface area contributed by atoms with Crippen LogP contribution in [0.15, 0.2) is 60.7 Å². The second kappa shape index (κ2) is 13.0. The fourth-order valence-electron chi connectivity index (χ4n) is 4.65. The van der Waals surface area contributed by atoms with Crippen LogP contribution >= 0.6 is 0 Å². The van der Waals surface area contributed by atoms with Crippen LogP contribution < -0.4 is 10.1 Å². The van der Waals surface area contributed by atoms with Crippen molar-refractivity contribution in [3.05, 3.63) is 71.8 Å². The number of hydrogen-bond donors (Lipinski definition) is 4. The molecule has 37 heavy (non-hydrogen) atoms. The third-order valence-electron chi connectivity index (χ3n) is 6.59. The summed E-state index contributed by atoms with van der Waals surface area (Å²) in [5.41, 5.74) is 2.18. The molecule has 2 bridgehead atoms. The van der Waals surface area contributed by atoms with E-state index in [1.165, 1.54) is 5.56 Å². The number of aliphatic hydroxyl groups is 1. The number of hydrogen-bond acceptors (Lipinski definition) is 6. The fraction of sp³-hybridized carbons (Fsp3) is 0.393. The van der Waals surface area contributed by atoms with Crippen molar-refractivity contribution < 1.29 is 34.4 Å². The van der Waals surface area contributed by atoms with Crippen molar-refractivity contribution in [3.63, 3.8) is 0 Å². The van der Waals surface area contributed by atoms with Crippen LogP contribution in [-0.4, -0.2) is 69.9 Å². The molecule has 0 aromatic heterocycles. The molecule has 3 fully saturated rings. The van der Waals surface area contributed by atoms with Crippen molar-refractivity contribution in [1.29, 1.82) is 0 Å². The summed E-state index contributed by atoms with van der Waals surface area (Å²) in [6.07, 6.45) is 4.35. The van der Waals surface area contributed by atoms with Gasteiger partial charge in [0.15, 0.2) is 0 Å². The van der Waals surface area contributed by atoms with Gasteiger partial charge in [0.2, 0.25) is 5.91 Å². The summed E-state index contributed by atoms with van der Waals surface area (Å²) in [4.78, 5) is 33.2. The monoisotopic (exact) mass is 510 g/mol. The van der Waals surface area contributed by atoms with Crippen LogP contribution in [0.5, 0.6) is 5.75 Å². The van der Waals surface area contributed by atoms with E-state index in [1.807, 2.05) is 43.3 Å². The first-order valence-electron chi connectivity index (χ1n) is 12.4. The van der Waals surface area contributed by atoms with E-state index in [2.05, 4.69) is 22.3 Å². The molecule has 3 aliphatic rings. The molecule has 0 spiro atoms. The second-order valence-electron chi connectivity index (χ2n) is 9.34. The lowest BCUT2D eigenvalue weighted by atomic mass is 9.76. The summed E-state index contributed by atoms with van der Waals surface area (Å²) >= 11 is 0. The molecule has 0 radical (unpaired) electrons. The highest BCUT2D eigenvalue weighted by Gasteiger charge is 2.46. The largest absolute Gasteiger partial charge is 0.490 e. The molecule has 9 nitrogen and oxygen atoms in total. The molecule has 1 unspecified atom stereocenters. The van der Waals surface area contributed by atoms with Gasteiger partial charge in [0.1, 0.15) is 18.0 Å². The van der Waals surface area contributed by atoms with Crippen LogP contribution in [0.4, 0.5) is 5.69 Å². The minimum atomic E-state index is -1.26. The van der Waals surface area contributed by atoms with Crippen LogP contribution in [0.2, 0.25) is 0 Å². The number of carboxylic acid groups (broad SMARTS) is 2. The number of nitrogens with zero attached hydrogens (tertiary/aromatic N) is 1. The molecule has 2 aromatic carbocycles. The van der Waals surface area contributed by atoms with Gasteiger partial charge in [-0.25, -0.2) is 9.59 Å². The number of carbonyl (C=O) groups excluding carboxylic acids is 1. The zero-order chi connectivity index (χ0) is 26.8. The Bertz CT molecular complexity index is 1090. The minimum Gasteiger partial charge on any atom is -0.490 e. The van der Waals surface area contributed by atoms with Crippen molar-refractivity contribution in [2.75, 3.05) is 31.6 Å². The lowest BCUT2D eigenvalue weighted by Crippen LogP contribution is -2.61. The van der Waals surface area contributed by atoms with Gasteiger partial charge in [-0.05, 0) is 55.6 Å². The minimum absolute atomic E-state index is 0.00841. The maximum absolute atomic E-state index is 11.8. The Morgan fingerprint density at radius 1 is 1.05 bits per heavy atom. The van der Waals surface area contributed by atoms with Crippen molar-refractivity contribution in [3.8, 4) is 5.75 Å². The normalized spacial score (nSPS) is 22.1. The average molecular weight is 511 g/mol. The topological polar surface area (TPSA) is 136 Å². The van der Waals surface area contributed by atoms with Gasteiger partial charge in [-0.2, -0.15) is 0 Å². The van der Waals surface area contributed by atoms with Crippen LogP contribution in [0, 0.1) is 5.92 Å². The van der Waals surface area contributed by atoms with E-state index in [0.29, 0.717) is 44.1 Å². The molecule has 0 aliphatic carbocycles. The fourth-order valence-corrected chi connectivity index (χ4v) is 4.65. The summed E-state index contributed by atoms with van der Waals surface area (Å²) in [5, 5.41) is 29.7. The lowest BCUT2D eigenvalue weighted by Gasteiger charge is -2.50. The maximum Gasteiger partial charge on any atom is 0.328 e. The molecule has 3 saturated heterocycles. The molecule has 2 aromatic rings. The maximum atomic E-state index is 11.8. The Morgan fingerprint density at radius 3 is 2.24 bits per heavy atom. The van der Waals surface area contributed by atoms with E-state index < -0.39 is 17.5 Å². The number of carboxylic acids is 2. The summed E-state index contributed by atoms with van der Waals surface area (Å²) in [5.74, 6) is -1.44. The van der Waals surface area contributed by atoms with Crippen molar-refractivity contribution in [2.24, 2.45) is 5.92 Å². The SMILES string of the molecule is CCC(=O)Nc1ccc(OCC2(O)CN3CCC2CC3)c(Cc2ccccc2)c1.O=C(O)/C=C/C(=O)O. The zero-order valence-electron chi connectivity index (χ0n) is 20.9. The Hall–Kier alpha value is -3.69. The summed E-state index contributed by atoms with van der Waals surface area (Å²) in [7, 11) is 0. The van der Waals surface area contributed by atoms with Crippen LogP contribution in [0.1, 0.15) is 37.3 Å². The number of anilines is 1. The van der Waals surface area contributed by atoms with Gasteiger partial charge < -0.3 is 30.3 Å². The zero-order valence-corrected chi connectivity index (χ0v) is 20.9. The van der Waals surface area contributed by atoms with Gasteiger partial charge >= 0.3 is 11.9 Å². The molecule has 9 heteroatoms. The van der Waals surface area contributed by atoms with Gasteiger partial charge in [0, 0.05) is 42.8 Å². The van der Waals surface area contributed by atoms with Crippen LogP contribution in [0.3, 0.4) is 0 Å². The molecule has 4 N–H and O–H groups in total. The highest BCUT2D eigenvalue weighted by atomic mass is 16.5. The Balaban J connectivity index is 0.000000414. The first kappa shape index (κ1) is 27.9. The van der Waals surface area contributed by atoms with Crippen molar-refractivity contribution in [1.82, 2.24) is 4.90 Å². The van der Waals surface area contributed by atoms with Gasteiger partial charge in [0.05, 0.1) is 0 Å². The molecule has 1 atom stereocenters. The number of aliphatic carboxylic acids is 2. The van der Waals surface area contributed by atoms with E-state index >= 15 is 0 Å². The molecule has 1 amide bonds. The average Bonchev–Trinajstić information content (AvgIpc) is 2.88. The second-order valence-corrected chi connectivity index (χ2v) is 9.34. The lowest BCUT2D eigenvalue weighted by molar-refractivity contribution is -0.134. The summed E-state index contributed by atoms with van der Waals surface area (Å²) in [6, 6.07) is 16.0. The summed E-state index contributed by atoms with van der Waals surface area (Å²) < 4.78 is 6.20. The summed E-state index contributed by atoms with van der Waals surface area (Å²) in [6.45, 7) is 5.00. The number of rotatable bonds is 9. The van der Waals surface area contributed by atoms with Crippen molar-refractivity contribution in [2.45, 2.75) is 38.2 Å². The predicted octanol–water partition coefficient (Wildman–Crippen LogP) is 3.17. The highest BCUT2D eigenvalue weighted by Crippen LogP contribution is 2.36. The van der Waals surface area contributed by atoms with E-state index in [9.17, 15) is 19.5 Å². The molecule has 3 heterocycles. The Morgan fingerprint density at radius 2 is 1.70 bits per heavy atom. The van der Waals surface area contributed by atoms with Gasteiger partial charge in [-0.1, -0.05) is 37.3 Å². The molecule has 5 rings (SSSR count). The number of carbonyl (C=O) groups is 3. The third-order valence-corrected chi connectivity index (χ3v) is 6.59. The van der Waals surface area contributed by atoms with Crippen LogP contribution in [0.25, 0.3) is 0 Å². The first-order chi connectivity index (χ1) is 17.7. The van der Waals surface area contributed by atoms with E-state index in [0.717, 1.165) is 42.9 Å². The van der Waals surface area contributed by atoms with Crippen molar-refractivity contribution >= 4 is 23.5 Å². The molecular formula is C28H34N2O7. The molecule has 198 valence electrons.